The van der Waals surface area contributed by atoms with Gasteiger partial charge in [-0.2, -0.15) is 0 Å². The zero-order chi connectivity index (χ0) is 15.6. The molecule has 1 aliphatic rings. The van der Waals surface area contributed by atoms with Crippen molar-refractivity contribution in [3.8, 4) is 0 Å². The predicted octanol–water partition coefficient (Wildman–Crippen LogP) is 1.94. The summed E-state index contributed by atoms with van der Waals surface area (Å²) >= 11 is 0. The number of hydrogen-bond donors (Lipinski definition) is 0. The molecule has 1 aromatic rings. The van der Waals surface area contributed by atoms with Crippen molar-refractivity contribution in [1.29, 1.82) is 0 Å². The molecule has 0 saturated heterocycles. The van der Waals surface area contributed by atoms with Gasteiger partial charge in [-0.3, -0.25) is 4.79 Å². The van der Waals surface area contributed by atoms with Gasteiger partial charge in [0.2, 0.25) is 5.91 Å². The smallest absolute Gasteiger partial charge is 0.223 e. The highest BCUT2D eigenvalue weighted by Crippen LogP contribution is 2.29. The molecule has 0 unspecified atom stereocenters. The van der Waals surface area contributed by atoms with E-state index in [0.717, 1.165) is 24.4 Å². The fraction of sp³-hybridized carbons (Fsp3) is 0.667. The van der Waals surface area contributed by atoms with Crippen molar-refractivity contribution < 1.29 is 17.6 Å². The largest absolute Gasteiger partial charge is 0.466 e. The fourth-order valence-corrected chi connectivity index (χ4v) is 4.54. The first kappa shape index (κ1) is 16.1. The topological polar surface area (TPSA) is 67.6 Å². The van der Waals surface area contributed by atoms with E-state index in [1.807, 2.05) is 19.1 Å². The summed E-state index contributed by atoms with van der Waals surface area (Å²) in [4.78, 5) is 13.9. The van der Waals surface area contributed by atoms with E-state index in [0.29, 0.717) is 19.3 Å². The maximum atomic E-state index is 12.3. The quantitative estimate of drug-likeness (QED) is 0.833. The third-order valence-corrected chi connectivity index (χ3v) is 5.89. The highest BCUT2D eigenvalue weighted by molar-refractivity contribution is 7.91. The molecule has 0 aliphatic heterocycles. The molecule has 0 aromatic carbocycles. The number of amides is 1. The lowest BCUT2D eigenvalue weighted by Crippen LogP contribution is -2.44. The van der Waals surface area contributed by atoms with Crippen LogP contribution in [0.2, 0.25) is 0 Å². The van der Waals surface area contributed by atoms with Crippen LogP contribution < -0.4 is 0 Å². The number of aryl methyl sites for hydroxylation is 2. The van der Waals surface area contributed by atoms with Crippen molar-refractivity contribution in [2.24, 2.45) is 0 Å². The molecule has 2 atom stereocenters. The molecule has 118 valence electrons. The van der Waals surface area contributed by atoms with Crippen LogP contribution in [0, 0.1) is 6.92 Å². The lowest BCUT2D eigenvalue weighted by Gasteiger charge is -2.28. The summed E-state index contributed by atoms with van der Waals surface area (Å²) in [5.41, 5.74) is 0. The van der Waals surface area contributed by atoms with Crippen LogP contribution in [0.1, 0.15) is 37.2 Å². The summed E-state index contributed by atoms with van der Waals surface area (Å²) < 4.78 is 29.0. The van der Waals surface area contributed by atoms with Crippen molar-refractivity contribution in [1.82, 2.24) is 4.90 Å². The molecule has 1 heterocycles. The number of hydrogen-bond acceptors (Lipinski definition) is 4. The van der Waals surface area contributed by atoms with Gasteiger partial charge in [-0.25, -0.2) is 8.42 Å². The van der Waals surface area contributed by atoms with Gasteiger partial charge in [-0.15, -0.1) is 0 Å². The maximum absolute atomic E-state index is 12.3. The van der Waals surface area contributed by atoms with Gasteiger partial charge in [0.1, 0.15) is 11.5 Å². The molecule has 1 aliphatic carbocycles. The fourth-order valence-electron chi connectivity index (χ4n) is 3.06. The lowest BCUT2D eigenvalue weighted by molar-refractivity contribution is -0.131. The van der Waals surface area contributed by atoms with Crippen LogP contribution in [0.15, 0.2) is 16.5 Å². The van der Waals surface area contributed by atoms with E-state index in [2.05, 4.69) is 0 Å². The minimum Gasteiger partial charge on any atom is -0.466 e. The van der Waals surface area contributed by atoms with E-state index in [1.54, 1.807) is 11.9 Å². The molecule has 0 bridgehead atoms. The first-order valence-corrected chi connectivity index (χ1v) is 9.24. The van der Waals surface area contributed by atoms with E-state index in [-0.39, 0.29) is 11.9 Å². The number of rotatable bonds is 5. The molecule has 1 saturated carbocycles. The first-order chi connectivity index (χ1) is 9.79. The zero-order valence-electron chi connectivity index (χ0n) is 12.8. The Hall–Kier alpha value is -1.30. The van der Waals surface area contributed by atoms with Gasteiger partial charge in [0.25, 0.3) is 0 Å². The highest BCUT2D eigenvalue weighted by atomic mass is 32.2. The lowest BCUT2D eigenvalue weighted by atomic mass is 10.1. The highest BCUT2D eigenvalue weighted by Gasteiger charge is 2.38. The molecular weight excluding hydrogens is 290 g/mol. The van der Waals surface area contributed by atoms with E-state index in [4.69, 9.17) is 4.42 Å². The Balaban J connectivity index is 1.95. The van der Waals surface area contributed by atoms with Gasteiger partial charge in [0.05, 0.1) is 5.25 Å². The standard InChI is InChI=1S/C15H23NO4S/c1-11-7-8-12(20-11)9-10-15(17)16(2)13-5-4-6-14(13)21(3,18)19/h7-8,13-14H,4-6,9-10H2,1-3H3/t13-,14-/m0/s1. The van der Waals surface area contributed by atoms with Gasteiger partial charge in [0, 0.05) is 32.2 Å². The molecule has 1 amide bonds. The molecule has 21 heavy (non-hydrogen) atoms. The van der Waals surface area contributed by atoms with Crippen LogP contribution in [0.5, 0.6) is 0 Å². The average molecular weight is 313 g/mol. The van der Waals surface area contributed by atoms with Gasteiger partial charge < -0.3 is 9.32 Å². The summed E-state index contributed by atoms with van der Waals surface area (Å²) in [7, 11) is -1.39. The Morgan fingerprint density at radius 2 is 2.10 bits per heavy atom. The van der Waals surface area contributed by atoms with Crippen LogP contribution >= 0.6 is 0 Å². The summed E-state index contributed by atoms with van der Waals surface area (Å²) in [6, 6.07) is 3.56. The third kappa shape index (κ3) is 3.87. The number of furan rings is 1. The van der Waals surface area contributed by atoms with Crippen LogP contribution in [0.3, 0.4) is 0 Å². The Kier molecular flexibility index (Phi) is 4.76. The van der Waals surface area contributed by atoms with Gasteiger partial charge in [-0.1, -0.05) is 0 Å². The summed E-state index contributed by atoms with van der Waals surface area (Å²) in [5.74, 6) is 1.60. The normalized spacial score (nSPS) is 22.4. The van der Waals surface area contributed by atoms with Gasteiger partial charge in [0.15, 0.2) is 9.84 Å². The Labute approximate surface area is 126 Å². The maximum Gasteiger partial charge on any atom is 0.223 e. The number of nitrogens with zero attached hydrogens (tertiary/aromatic N) is 1. The van der Waals surface area contributed by atoms with Crippen molar-refractivity contribution in [3.05, 3.63) is 23.7 Å². The van der Waals surface area contributed by atoms with Crippen LogP contribution in [-0.2, 0) is 21.1 Å². The van der Waals surface area contributed by atoms with Crippen LogP contribution in [-0.4, -0.2) is 43.8 Å². The van der Waals surface area contributed by atoms with Crippen molar-refractivity contribution in [3.63, 3.8) is 0 Å². The predicted molar refractivity (Wildman–Crippen MR) is 80.8 cm³/mol. The van der Waals surface area contributed by atoms with E-state index in [9.17, 15) is 13.2 Å². The molecule has 6 heteroatoms. The summed E-state index contributed by atoms with van der Waals surface area (Å²) in [6.45, 7) is 1.87. The summed E-state index contributed by atoms with van der Waals surface area (Å²) in [5, 5.41) is -0.419. The van der Waals surface area contributed by atoms with Crippen molar-refractivity contribution in [2.75, 3.05) is 13.3 Å². The first-order valence-electron chi connectivity index (χ1n) is 7.29. The average Bonchev–Trinajstić information content (AvgIpc) is 3.02. The van der Waals surface area contributed by atoms with Gasteiger partial charge >= 0.3 is 0 Å². The van der Waals surface area contributed by atoms with Crippen LogP contribution in [0.25, 0.3) is 0 Å². The molecule has 0 N–H and O–H groups in total. The number of carbonyl (C=O) groups is 1. The minimum absolute atomic E-state index is 0.0235. The monoisotopic (exact) mass is 313 g/mol. The van der Waals surface area contributed by atoms with Gasteiger partial charge in [-0.05, 0) is 38.3 Å². The molecule has 1 fully saturated rings. The Morgan fingerprint density at radius 3 is 2.67 bits per heavy atom. The van der Waals surface area contributed by atoms with E-state index < -0.39 is 15.1 Å². The number of carbonyl (C=O) groups excluding carboxylic acids is 1. The number of sulfone groups is 1. The van der Waals surface area contributed by atoms with Crippen LogP contribution in [0.4, 0.5) is 0 Å². The van der Waals surface area contributed by atoms with Crippen molar-refractivity contribution >= 4 is 15.7 Å². The Morgan fingerprint density at radius 1 is 1.38 bits per heavy atom. The van der Waals surface area contributed by atoms with E-state index in [1.165, 1.54) is 6.26 Å². The minimum atomic E-state index is -3.11. The van der Waals surface area contributed by atoms with E-state index >= 15 is 0 Å². The second-order valence-corrected chi connectivity index (χ2v) is 8.15. The molecule has 1 aromatic heterocycles. The molecule has 2 rings (SSSR count). The zero-order valence-corrected chi connectivity index (χ0v) is 13.6. The molecular formula is C15H23NO4S. The SMILES string of the molecule is Cc1ccc(CCC(=O)N(C)[C@H]2CCC[C@@H]2S(C)(=O)=O)o1. The van der Waals surface area contributed by atoms with Crippen molar-refractivity contribution in [2.45, 2.75) is 50.3 Å². The summed E-state index contributed by atoms with van der Waals surface area (Å²) in [6.07, 6.45) is 4.43. The second-order valence-electron chi connectivity index (χ2n) is 5.88. The second kappa shape index (κ2) is 6.22. The molecule has 5 nitrogen and oxygen atoms in total. The Bertz CT molecular complexity index is 605. The molecule has 0 spiro atoms. The third-order valence-electron chi connectivity index (χ3n) is 4.24. The molecule has 0 radical (unpaired) electrons.